The van der Waals surface area contributed by atoms with Gasteiger partial charge in [0.05, 0.1) is 11.0 Å². The Bertz CT molecular complexity index is 510. The molecule has 2 atom stereocenters. The summed E-state index contributed by atoms with van der Waals surface area (Å²) < 4.78 is 24.8. The van der Waals surface area contributed by atoms with Crippen molar-refractivity contribution in [1.29, 1.82) is 0 Å². The van der Waals surface area contributed by atoms with Crippen molar-refractivity contribution in [1.82, 2.24) is 0 Å². The van der Waals surface area contributed by atoms with E-state index in [4.69, 9.17) is 5.73 Å². The Morgan fingerprint density at radius 3 is 2.67 bits per heavy atom. The van der Waals surface area contributed by atoms with E-state index in [0.29, 0.717) is 11.6 Å². The predicted molar refractivity (Wildman–Crippen MR) is 74.9 cm³/mol. The third-order valence-corrected chi connectivity index (χ3v) is 5.97. The lowest BCUT2D eigenvalue weighted by molar-refractivity contribution is 0.382. The van der Waals surface area contributed by atoms with Gasteiger partial charge in [0, 0.05) is 5.69 Å². The fourth-order valence-electron chi connectivity index (χ4n) is 2.70. The Kier molecular flexibility index (Phi) is 3.95. The van der Waals surface area contributed by atoms with E-state index in [2.05, 4.69) is 6.92 Å². The van der Waals surface area contributed by atoms with Crippen molar-refractivity contribution in [2.45, 2.75) is 43.6 Å². The van der Waals surface area contributed by atoms with Gasteiger partial charge in [-0.05, 0) is 30.4 Å². The molecule has 0 aromatic heterocycles. The van der Waals surface area contributed by atoms with Gasteiger partial charge in [-0.3, -0.25) is 0 Å². The molecule has 1 aromatic rings. The summed E-state index contributed by atoms with van der Waals surface area (Å²) in [6.07, 6.45) is 3.78. The maximum Gasteiger partial charge on any atom is 0.157 e. The zero-order valence-electron chi connectivity index (χ0n) is 10.8. The predicted octanol–water partition coefficient (Wildman–Crippen LogP) is 2.76. The summed E-state index contributed by atoms with van der Waals surface area (Å²) >= 11 is 0. The molecule has 0 spiro atoms. The largest absolute Gasteiger partial charge is 0.398 e. The van der Waals surface area contributed by atoms with E-state index >= 15 is 0 Å². The molecule has 0 amide bonds. The molecule has 100 valence electrons. The number of nitrogen functional groups attached to an aromatic ring is 1. The van der Waals surface area contributed by atoms with Gasteiger partial charge in [0.25, 0.3) is 0 Å². The molecule has 1 aromatic carbocycles. The number of sulfone groups is 1. The van der Waals surface area contributed by atoms with E-state index in [1.807, 2.05) is 12.1 Å². The maximum absolute atomic E-state index is 12.4. The van der Waals surface area contributed by atoms with E-state index in [9.17, 15) is 8.42 Å². The average Bonchev–Trinajstić information content (AvgIpc) is 2.32. The lowest BCUT2D eigenvalue weighted by atomic mass is 9.91. The van der Waals surface area contributed by atoms with Crippen LogP contribution < -0.4 is 5.73 Å². The van der Waals surface area contributed by atoms with Crippen molar-refractivity contribution < 1.29 is 8.42 Å². The van der Waals surface area contributed by atoms with Crippen LogP contribution in [-0.2, 0) is 15.6 Å². The number of hydrogen-bond donors (Lipinski definition) is 1. The third-order valence-electron chi connectivity index (χ3n) is 3.81. The van der Waals surface area contributed by atoms with Crippen molar-refractivity contribution in [3.05, 3.63) is 29.8 Å². The van der Waals surface area contributed by atoms with Crippen LogP contribution in [0.5, 0.6) is 0 Å². The molecule has 1 aliphatic rings. The van der Waals surface area contributed by atoms with Crippen molar-refractivity contribution in [2.24, 2.45) is 5.92 Å². The highest BCUT2D eigenvalue weighted by atomic mass is 32.2. The van der Waals surface area contributed by atoms with Gasteiger partial charge in [-0.15, -0.1) is 0 Å². The molecule has 0 radical (unpaired) electrons. The zero-order chi connectivity index (χ0) is 13.2. The first-order valence-corrected chi connectivity index (χ1v) is 8.25. The molecule has 0 heterocycles. The number of nitrogens with two attached hydrogens (primary N) is 1. The minimum Gasteiger partial charge on any atom is -0.398 e. The minimum atomic E-state index is -3.07. The van der Waals surface area contributed by atoms with Crippen LogP contribution in [0, 0.1) is 5.92 Å². The normalized spacial score (nSPS) is 24.9. The average molecular weight is 267 g/mol. The maximum atomic E-state index is 12.4. The molecule has 4 heteroatoms. The summed E-state index contributed by atoms with van der Waals surface area (Å²) in [6, 6.07) is 7.23. The van der Waals surface area contributed by atoms with Gasteiger partial charge >= 0.3 is 0 Å². The van der Waals surface area contributed by atoms with Crippen molar-refractivity contribution in [3.8, 4) is 0 Å². The summed E-state index contributed by atoms with van der Waals surface area (Å²) in [6.45, 7) is 2.14. The molecular weight excluding hydrogens is 246 g/mol. The number of anilines is 1. The Morgan fingerprint density at radius 2 is 2.00 bits per heavy atom. The SMILES string of the molecule is CC1CCCC(S(=O)(=O)Cc2ccccc2N)C1. The molecule has 1 fully saturated rings. The fourth-order valence-corrected chi connectivity index (χ4v) is 4.78. The molecular formula is C14H21NO2S. The van der Waals surface area contributed by atoms with Crippen molar-refractivity contribution in [2.75, 3.05) is 5.73 Å². The lowest BCUT2D eigenvalue weighted by Crippen LogP contribution is -2.28. The fraction of sp³-hybridized carbons (Fsp3) is 0.571. The van der Waals surface area contributed by atoms with Crippen LogP contribution >= 0.6 is 0 Å². The quantitative estimate of drug-likeness (QED) is 0.857. The molecule has 3 nitrogen and oxygen atoms in total. The first kappa shape index (κ1) is 13.4. The number of benzene rings is 1. The van der Waals surface area contributed by atoms with E-state index in [1.54, 1.807) is 12.1 Å². The van der Waals surface area contributed by atoms with Crippen LogP contribution in [0.3, 0.4) is 0 Å². The van der Waals surface area contributed by atoms with Crippen LogP contribution in [0.4, 0.5) is 5.69 Å². The second-order valence-electron chi connectivity index (χ2n) is 5.40. The standard InChI is InChI=1S/C14H21NO2S/c1-11-5-4-7-13(9-11)18(16,17)10-12-6-2-3-8-14(12)15/h2-3,6,8,11,13H,4-5,7,9-10,15H2,1H3. The molecule has 0 bridgehead atoms. The Hall–Kier alpha value is -1.03. The second kappa shape index (κ2) is 5.31. The third kappa shape index (κ3) is 3.05. The van der Waals surface area contributed by atoms with Crippen molar-refractivity contribution in [3.63, 3.8) is 0 Å². The molecule has 1 saturated carbocycles. The molecule has 2 N–H and O–H groups in total. The van der Waals surface area contributed by atoms with E-state index in [-0.39, 0.29) is 11.0 Å². The zero-order valence-corrected chi connectivity index (χ0v) is 11.6. The Balaban J connectivity index is 2.14. The summed E-state index contributed by atoms with van der Waals surface area (Å²) in [5.41, 5.74) is 7.13. The highest BCUT2D eigenvalue weighted by Gasteiger charge is 2.30. The van der Waals surface area contributed by atoms with Gasteiger partial charge < -0.3 is 5.73 Å². The molecule has 18 heavy (non-hydrogen) atoms. The highest BCUT2D eigenvalue weighted by molar-refractivity contribution is 7.91. The van der Waals surface area contributed by atoms with Crippen molar-refractivity contribution >= 4 is 15.5 Å². The van der Waals surface area contributed by atoms with Gasteiger partial charge in [-0.1, -0.05) is 38.0 Å². The monoisotopic (exact) mass is 267 g/mol. The lowest BCUT2D eigenvalue weighted by Gasteiger charge is -2.26. The smallest absolute Gasteiger partial charge is 0.157 e. The van der Waals surface area contributed by atoms with Gasteiger partial charge in [0.2, 0.25) is 0 Å². The first-order valence-electron chi connectivity index (χ1n) is 6.54. The number of rotatable bonds is 3. The van der Waals surface area contributed by atoms with E-state index < -0.39 is 9.84 Å². The van der Waals surface area contributed by atoms with Crippen LogP contribution in [0.1, 0.15) is 38.2 Å². The first-order chi connectivity index (χ1) is 8.49. The second-order valence-corrected chi connectivity index (χ2v) is 7.68. The molecule has 1 aliphatic carbocycles. The molecule has 2 unspecified atom stereocenters. The molecule has 2 rings (SSSR count). The van der Waals surface area contributed by atoms with Gasteiger partial charge in [-0.2, -0.15) is 0 Å². The van der Waals surface area contributed by atoms with E-state index in [1.165, 1.54) is 0 Å². The van der Waals surface area contributed by atoms with E-state index in [0.717, 1.165) is 31.2 Å². The Morgan fingerprint density at radius 1 is 1.28 bits per heavy atom. The van der Waals surface area contributed by atoms with Crippen LogP contribution in [0.15, 0.2) is 24.3 Å². The van der Waals surface area contributed by atoms with Gasteiger partial charge in [-0.25, -0.2) is 8.42 Å². The van der Waals surface area contributed by atoms with Gasteiger partial charge in [0.1, 0.15) is 0 Å². The van der Waals surface area contributed by atoms with Crippen LogP contribution in [0.2, 0.25) is 0 Å². The number of para-hydroxylation sites is 1. The molecule has 0 saturated heterocycles. The minimum absolute atomic E-state index is 0.0804. The summed E-state index contributed by atoms with van der Waals surface area (Å²) in [5, 5.41) is -0.180. The van der Waals surface area contributed by atoms with Crippen LogP contribution in [0.25, 0.3) is 0 Å². The number of hydrogen-bond acceptors (Lipinski definition) is 3. The molecule has 0 aliphatic heterocycles. The summed E-state index contributed by atoms with van der Waals surface area (Å²) in [4.78, 5) is 0. The Labute approximate surface area is 109 Å². The summed E-state index contributed by atoms with van der Waals surface area (Å²) in [7, 11) is -3.07. The van der Waals surface area contributed by atoms with Crippen LogP contribution in [-0.4, -0.2) is 13.7 Å². The summed E-state index contributed by atoms with van der Waals surface area (Å²) in [5.74, 6) is 0.600. The topological polar surface area (TPSA) is 60.2 Å². The van der Waals surface area contributed by atoms with Gasteiger partial charge in [0.15, 0.2) is 9.84 Å². The highest BCUT2D eigenvalue weighted by Crippen LogP contribution is 2.30.